The minimum Gasteiger partial charge on any atom is -0.456 e. The Morgan fingerprint density at radius 2 is 1.90 bits per heavy atom. The monoisotopic (exact) mass is 304 g/mol. The predicted octanol–water partition coefficient (Wildman–Crippen LogP) is 1.52. The first-order valence-electron chi connectivity index (χ1n) is 6.18. The van der Waals surface area contributed by atoms with E-state index in [1.807, 2.05) is 26.8 Å². The van der Waals surface area contributed by atoms with E-state index in [9.17, 15) is 15.8 Å². The lowest BCUT2D eigenvalue weighted by Crippen LogP contribution is -2.43. The minimum absolute atomic E-state index is 0.00784. The molecule has 0 aromatic carbocycles. The summed E-state index contributed by atoms with van der Waals surface area (Å²) < 4.78 is 5.74. The number of aliphatic hydroxyl groups excluding tert-OH is 1. The molecule has 0 radical (unpaired) electrons. The van der Waals surface area contributed by atoms with Crippen LogP contribution in [0.2, 0.25) is 0 Å². The van der Waals surface area contributed by atoms with Crippen molar-refractivity contribution in [3.8, 4) is 18.2 Å². The van der Waals surface area contributed by atoms with Crippen LogP contribution in [0, 0.1) is 39.4 Å². The largest absolute Gasteiger partial charge is 0.456 e. The van der Waals surface area contributed by atoms with Gasteiger partial charge in [0.2, 0.25) is 5.88 Å². The van der Waals surface area contributed by atoms with Crippen LogP contribution in [0.5, 0.6) is 0 Å². The maximum Gasteiger partial charge on any atom is 0.204 e. The van der Waals surface area contributed by atoms with E-state index >= 15 is 0 Å². The molecule has 1 heterocycles. The van der Waals surface area contributed by atoms with Crippen LogP contribution in [0.15, 0.2) is 22.6 Å². The van der Waals surface area contributed by atoms with Crippen LogP contribution in [-0.4, -0.2) is 22.4 Å². The summed E-state index contributed by atoms with van der Waals surface area (Å²) in [5, 5.41) is 36.8. The second kappa shape index (κ2) is 6.10. The molecule has 0 aliphatic carbocycles. The number of allylic oxidation sites excluding steroid dienone is 1. The van der Waals surface area contributed by atoms with Crippen molar-refractivity contribution in [3.05, 3.63) is 22.6 Å². The molecule has 1 aliphatic rings. The van der Waals surface area contributed by atoms with Gasteiger partial charge in [0.25, 0.3) is 0 Å². The van der Waals surface area contributed by atoms with Crippen molar-refractivity contribution >= 4 is 11.8 Å². The molecule has 1 aliphatic heterocycles. The van der Waals surface area contributed by atoms with Crippen molar-refractivity contribution in [1.82, 2.24) is 0 Å². The number of rotatable bonds is 3. The summed E-state index contributed by atoms with van der Waals surface area (Å²) >= 11 is 1.22. The minimum atomic E-state index is -1.16. The first kappa shape index (κ1) is 16.9. The smallest absolute Gasteiger partial charge is 0.204 e. The molecule has 110 valence electrons. The number of ether oxygens (including phenoxy) is 1. The zero-order chi connectivity index (χ0) is 16.3. The summed E-state index contributed by atoms with van der Waals surface area (Å²) in [5.74, 6) is 0.215. The Kier molecular flexibility index (Phi) is 4.91. The van der Waals surface area contributed by atoms with Crippen molar-refractivity contribution < 1.29 is 9.84 Å². The molecular formula is C14H16N4O2S. The van der Waals surface area contributed by atoms with Gasteiger partial charge in [-0.05, 0) is 0 Å². The van der Waals surface area contributed by atoms with E-state index in [4.69, 9.17) is 15.6 Å². The molecule has 1 atom stereocenters. The zero-order valence-electron chi connectivity index (χ0n) is 12.1. The van der Waals surface area contributed by atoms with E-state index in [-0.39, 0.29) is 29.2 Å². The van der Waals surface area contributed by atoms with E-state index < -0.39 is 10.3 Å². The maximum absolute atomic E-state index is 9.29. The van der Waals surface area contributed by atoms with E-state index in [0.717, 1.165) is 0 Å². The molecule has 1 rings (SSSR count). The van der Waals surface area contributed by atoms with Crippen molar-refractivity contribution in [3.63, 3.8) is 0 Å². The van der Waals surface area contributed by atoms with Crippen LogP contribution in [0.4, 0.5) is 0 Å². The molecule has 21 heavy (non-hydrogen) atoms. The number of nitrogens with two attached hydrogens (primary N) is 1. The topological polar surface area (TPSA) is 127 Å². The third-order valence-electron chi connectivity index (χ3n) is 3.05. The molecule has 0 fully saturated rings. The molecule has 0 aromatic rings. The maximum atomic E-state index is 9.29. The highest BCUT2D eigenvalue weighted by Gasteiger charge is 2.55. The molecule has 3 N–H and O–H groups in total. The van der Waals surface area contributed by atoms with Gasteiger partial charge < -0.3 is 15.6 Å². The van der Waals surface area contributed by atoms with Gasteiger partial charge in [-0.2, -0.15) is 15.8 Å². The molecule has 0 spiro atoms. The normalized spacial score (nSPS) is 21.3. The van der Waals surface area contributed by atoms with Crippen LogP contribution >= 0.6 is 11.8 Å². The molecule has 0 saturated heterocycles. The van der Waals surface area contributed by atoms with Gasteiger partial charge in [-0.3, -0.25) is 0 Å². The summed E-state index contributed by atoms with van der Waals surface area (Å²) in [4.78, 5) is -1.16. The van der Waals surface area contributed by atoms with Gasteiger partial charge in [-0.15, -0.1) is 11.8 Å². The molecule has 6 nitrogen and oxygen atoms in total. The number of aliphatic hydroxyl groups is 1. The molecule has 0 aromatic heterocycles. The summed E-state index contributed by atoms with van der Waals surface area (Å²) in [5.41, 5.74) is 5.21. The standard InChI is InChI=1S/C14H16N4O2S/c1-13(2,3)14(21-5-4-19)11(9(6-15)7-16)10(8-17)12(18)20-14/h19H,4-5,18H2,1-3H3. The van der Waals surface area contributed by atoms with Crippen molar-refractivity contribution in [2.45, 2.75) is 25.7 Å². The predicted molar refractivity (Wildman–Crippen MR) is 77.9 cm³/mol. The summed E-state index contributed by atoms with van der Waals surface area (Å²) in [7, 11) is 0. The van der Waals surface area contributed by atoms with Gasteiger partial charge in [0, 0.05) is 11.2 Å². The summed E-state index contributed by atoms with van der Waals surface area (Å²) in [6.07, 6.45) is 0. The molecule has 0 bridgehead atoms. The quantitative estimate of drug-likeness (QED) is 0.756. The van der Waals surface area contributed by atoms with Gasteiger partial charge in [0.05, 0.1) is 12.2 Å². The number of thioether (sulfide) groups is 1. The Labute approximate surface area is 128 Å². The highest BCUT2D eigenvalue weighted by molar-refractivity contribution is 8.00. The lowest BCUT2D eigenvalue weighted by molar-refractivity contribution is 0.0398. The van der Waals surface area contributed by atoms with Crippen molar-refractivity contribution in [2.24, 2.45) is 11.1 Å². The fraction of sp³-hybridized carbons (Fsp3) is 0.500. The van der Waals surface area contributed by atoms with Crippen LogP contribution in [-0.2, 0) is 4.74 Å². The second-order valence-electron chi connectivity index (χ2n) is 5.37. The Hall–Kier alpha value is -2.14. The first-order valence-corrected chi connectivity index (χ1v) is 7.16. The van der Waals surface area contributed by atoms with Gasteiger partial charge >= 0.3 is 0 Å². The van der Waals surface area contributed by atoms with Crippen LogP contribution < -0.4 is 5.73 Å². The third kappa shape index (κ3) is 2.69. The summed E-state index contributed by atoms with van der Waals surface area (Å²) in [6, 6.07) is 5.52. The Morgan fingerprint density at radius 3 is 2.29 bits per heavy atom. The number of hydrogen-bond donors (Lipinski definition) is 2. The average Bonchev–Trinajstić information content (AvgIpc) is 2.71. The van der Waals surface area contributed by atoms with E-state index in [2.05, 4.69) is 0 Å². The van der Waals surface area contributed by atoms with Crippen molar-refractivity contribution in [1.29, 1.82) is 15.8 Å². The van der Waals surface area contributed by atoms with Gasteiger partial charge in [-0.25, -0.2) is 0 Å². The van der Waals surface area contributed by atoms with Gasteiger partial charge in [0.1, 0.15) is 29.4 Å². The lowest BCUT2D eigenvalue weighted by atomic mass is 9.80. The van der Waals surface area contributed by atoms with Crippen molar-refractivity contribution in [2.75, 3.05) is 12.4 Å². The van der Waals surface area contributed by atoms with Crippen LogP contribution in [0.3, 0.4) is 0 Å². The SMILES string of the molecule is CC(C)(C)C1(SCCO)OC(N)=C(C#N)C1=C(C#N)C#N. The molecule has 1 unspecified atom stereocenters. The number of nitriles is 3. The van der Waals surface area contributed by atoms with E-state index in [0.29, 0.717) is 5.75 Å². The van der Waals surface area contributed by atoms with Gasteiger partial charge in [-0.1, -0.05) is 20.8 Å². The third-order valence-corrected chi connectivity index (χ3v) is 4.74. The Bertz CT molecular complexity index is 609. The average molecular weight is 304 g/mol. The second-order valence-corrected chi connectivity index (χ2v) is 6.64. The first-order chi connectivity index (χ1) is 9.78. The Morgan fingerprint density at radius 1 is 1.33 bits per heavy atom. The zero-order valence-corrected chi connectivity index (χ0v) is 12.9. The van der Waals surface area contributed by atoms with Gasteiger partial charge in [0.15, 0.2) is 4.93 Å². The number of nitrogens with zero attached hydrogens (tertiary/aromatic N) is 3. The van der Waals surface area contributed by atoms with Crippen LogP contribution in [0.1, 0.15) is 20.8 Å². The van der Waals surface area contributed by atoms with Crippen LogP contribution in [0.25, 0.3) is 0 Å². The Balaban J connectivity index is 3.68. The highest BCUT2D eigenvalue weighted by Crippen LogP contribution is 2.55. The molecule has 0 saturated carbocycles. The lowest BCUT2D eigenvalue weighted by Gasteiger charge is -2.41. The molecule has 0 amide bonds. The highest BCUT2D eigenvalue weighted by atomic mass is 32.2. The molecular weight excluding hydrogens is 288 g/mol. The van der Waals surface area contributed by atoms with E-state index in [1.54, 1.807) is 12.1 Å². The number of hydrogen-bond acceptors (Lipinski definition) is 7. The fourth-order valence-corrected chi connectivity index (χ4v) is 3.43. The van der Waals surface area contributed by atoms with E-state index in [1.165, 1.54) is 11.8 Å². The molecule has 7 heteroatoms. The summed E-state index contributed by atoms with van der Waals surface area (Å²) in [6.45, 7) is 5.47. The fourth-order valence-electron chi connectivity index (χ4n) is 2.12.